The van der Waals surface area contributed by atoms with Crippen molar-refractivity contribution in [2.75, 3.05) is 19.8 Å². The molecule has 1 aliphatic heterocycles. The van der Waals surface area contributed by atoms with Gasteiger partial charge in [0, 0.05) is 25.7 Å². The van der Waals surface area contributed by atoms with Crippen molar-refractivity contribution >= 4 is 18.3 Å². The molecule has 0 unspecified atom stereocenters. The number of carbonyl (C=O) groups is 1. The highest BCUT2D eigenvalue weighted by Crippen LogP contribution is 2.32. The summed E-state index contributed by atoms with van der Waals surface area (Å²) in [4.78, 5) is 16.9. The molecule has 130 valence electrons. The van der Waals surface area contributed by atoms with Crippen molar-refractivity contribution in [1.82, 2.24) is 10.3 Å². The second-order valence-electron chi connectivity index (χ2n) is 6.46. The number of nitrogens with zero attached hydrogens (tertiary/aromatic N) is 1. The lowest BCUT2D eigenvalue weighted by molar-refractivity contribution is 0.0387. The molecule has 1 saturated heterocycles. The lowest BCUT2D eigenvalue weighted by Gasteiger charge is -2.36. The summed E-state index contributed by atoms with van der Waals surface area (Å²) in [5, 5.41) is 3.05. The van der Waals surface area contributed by atoms with Gasteiger partial charge in [0.2, 0.25) is 0 Å². The van der Waals surface area contributed by atoms with Gasteiger partial charge >= 0.3 is 0 Å². The third-order valence-corrected chi connectivity index (χ3v) is 4.93. The van der Waals surface area contributed by atoms with Gasteiger partial charge in [-0.1, -0.05) is 19.3 Å². The molecule has 0 bridgehead atoms. The number of aromatic nitrogens is 1. The number of rotatable bonds is 4. The van der Waals surface area contributed by atoms with Crippen LogP contribution in [0.1, 0.15) is 67.2 Å². The Morgan fingerprint density at radius 3 is 2.65 bits per heavy atom. The van der Waals surface area contributed by atoms with Crippen LogP contribution in [0.5, 0.6) is 0 Å². The molecule has 23 heavy (non-hydrogen) atoms. The Bertz CT molecular complexity index is 508. The average Bonchev–Trinajstić information content (AvgIpc) is 3.07. The van der Waals surface area contributed by atoms with Crippen LogP contribution in [0.25, 0.3) is 0 Å². The number of hydrogen-bond donors (Lipinski definition) is 2. The molecule has 1 saturated carbocycles. The molecule has 3 N–H and O–H groups in total. The SMILES string of the molecule is Cl.NCC1(NC(=O)c2coc(C3CCCCC3)n2)CCOCC1. The fourth-order valence-corrected chi connectivity index (χ4v) is 3.38. The molecular weight excluding hydrogens is 318 g/mol. The first-order valence-electron chi connectivity index (χ1n) is 8.28. The molecular formula is C16H26ClN3O3. The Balaban J connectivity index is 0.00000192. The van der Waals surface area contributed by atoms with E-state index in [0.29, 0.717) is 37.3 Å². The lowest BCUT2D eigenvalue weighted by Crippen LogP contribution is -2.56. The highest BCUT2D eigenvalue weighted by atomic mass is 35.5. The molecule has 3 rings (SSSR count). The topological polar surface area (TPSA) is 90.4 Å². The molecule has 2 aliphatic rings. The van der Waals surface area contributed by atoms with E-state index in [0.717, 1.165) is 25.7 Å². The Labute approximate surface area is 142 Å². The number of amides is 1. The second-order valence-corrected chi connectivity index (χ2v) is 6.46. The van der Waals surface area contributed by atoms with E-state index in [1.165, 1.54) is 25.5 Å². The molecule has 2 heterocycles. The zero-order valence-electron chi connectivity index (χ0n) is 13.4. The number of halogens is 1. The summed E-state index contributed by atoms with van der Waals surface area (Å²) in [5.41, 5.74) is 5.86. The molecule has 6 nitrogen and oxygen atoms in total. The smallest absolute Gasteiger partial charge is 0.273 e. The minimum absolute atomic E-state index is 0. The number of ether oxygens (including phenoxy) is 1. The Hall–Kier alpha value is -1.11. The normalized spacial score (nSPS) is 21.4. The van der Waals surface area contributed by atoms with E-state index in [-0.39, 0.29) is 23.9 Å². The number of nitrogens with two attached hydrogens (primary N) is 1. The lowest BCUT2D eigenvalue weighted by atomic mass is 9.89. The molecule has 0 spiro atoms. The van der Waals surface area contributed by atoms with Gasteiger partial charge in [-0.05, 0) is 25.7 Å². The van der Waals surface area contributed by atoms with E-state index in [9.17, 15) is 4.79 Å². The van der Waals surface area contributed by atoms with Crippen LogP contribution in [-0.2, 0) is 4.74 Å². The summed E-state index contributed by atoms with van der Waals surface area (Å²) >= 11 is 0. The van der Waals surface area contributed by atoms with Crippen LogP contribution in [0.4, 0.5) is 0 Å². The van der Waals surface area contributed by atoms with Crippen LogP contribution in [0.15, 0.2) is 10.7 Å². The maximum absolute atomic E-state index is 12.4. The Kier molecular flexibility index (Phi) is 6.44. The first-order valence-corrected chi connectivity index (χ1v) is 8.28. The number of oxazole rings is 1. The molecule has 1 aromatic heterocycles. The van der Waals surface area contributed by atoms with Gasteiger partial charge in [-0.15, -0.1) is 12.4 Å². The number of carbonyl (C=O) groups excluding carboxylic acids is 1. The van der Waals surface area contributed by atoms with Gasteiger partial charge in [-0.3, -0.25) is 4.79 Å². The molecule has 1 aliphatic carbocycles. The minimum atomic E-state index is -0.376. The third-order valence-electron chi connectivity index (χ3n) is 4.93. The molecule has 0 aromatic carbocycles. The van der Waals surface area contributed by atoms with E-state index < -0.39 is 0 Å². The summed E-state index contributed by atoms with van der Waals surface area (Å²) < 4.78 is 10.9. The van der Waals surface area contributed by atoms with Crippen molar-refractivity contribution in [2.24, 2.45) is 5.73 Å². The third kappa shape index (κ3) is 4.25. The van der Waals surface area contributed by atoms with Crippen LogP contribution in [0.3, 0.4) is 0 Å². The summed E-state index contributed by atoms with van der Waals surface area (Å²) in [5.74, 6) is 0.874. The molecule has 1 amide bonds. The van der Waals surface area contributed by atoms with Gasteiger partial charge in [0.05, 0.1) is 5.54 Å². The van der Waals surface area contributed by atoms with E-state index in [4.69, 9.17) is 14.9 Å². The van der Waals surface area contributed by atoms with Crippen molar-refractivity contribution in [3.05, 3.63) is 17.8 Å². The number of nitrogens with one attached hydrogen (secondary N) is 1. The highest BCUT2D eigenvalue weighted by Gasteiger charge is 2.34. The predicted octanol–water partition coefficient (Wildman–Crippen LogP) is 2.38. The van der Waals surface area contributed by atoms with E-state index >= 15 is 0 Å². The summed E-state index contributed by atoms with van der Waals surface area (Å²) in [6, 6.07) is 0. The first kappa shape index (κ1) is 18.2. The molecule has 0 radical (unpaired) electrons. The fourth-order valence-electron chi connectivity index (χ4n) is 3.38. The van der Waals surface area contributed by atoms with Crippen LogP contribution in [-0.4, -0.2) is 36.2 Å². The Morgan fingerprint density at radius 2 is 2.00 bits per heavy atom. The minimum Gasteiger partial charge on any atom is -0.448 e. The van der Waals surface area contributed by atoms with Crippen molar-refractivity contribution in [3.63, 3.8) is 0 Å². The summed E-state index contributed by atoms with van der Waals surface area (Å²) in [7, 11) is 0. The maximum Gasteiger partial charge on any atom is 0.273 e. The first-order chi connectivity index (χ1) is 10.7. The zero-order valence-corrected chi connectivity index (χ0v) is 14.2. The van der Waals surface area contributed by atoms with Crippen LogP contribution in [0.2, 0.25) is 0 Å². The van der Waals surface area contributed by atoms with Gasteiger partial charge in [0.15, 0.2) is 11.6 Å². The summed E-state index contributed by atoms with van der Waals surface area (Å²) in [6.45, 7) is 1.67. The standard InChI is InChI=1S/C16H25N3O3.ClH/c17-11-16(6-8-21-9-7-16)19-14(20)13-10-22-15(18-13)12-4-2-1-3-5-12;/h10,12H,1-9,11,17H2,(H,19,20);1H. The van der Waals surface area contributed by atoms with E-state index in [1.807, 2.05) is 0 Å². The molecule has 2 fully saturated rings. The van der Waals surface area contributed by atoms with Crippen molar-refractivity contribution < 1.29 is 13.9 Å². The van der Waals surface area contributed by atoms with E-state index in [2.05, 4.69) is 10.3 Å². The van der Waals surface area contributed by atoms with Gasteiger partial charge in [-0.2, -0.15) is 0 Å². The largest absolute Gasteiger partial charge is 0.448 e. The van der Waals surface area contributed by atoms with E-state index in [1.54, 1.807) is 0 Å². The summed E-state index contributed by atoms with van der Waals surface area (Å²) in [6.07, 6.45) is 8.87. The zero-order chi connectivity index (χ0) is 15.4. The maximum atomic E-state index is 12.4. The fraction of sp³-hybridized carbons (Fsp3) is 0.750. The van der Waals surface area contributed by atoms with Gasteiger partial charge in [-0.25, -0.2) is 4.98 Å². The van der Waals surface area contributed by atoms with Crippen molar-refractivity contribution in [3.8, 4) is 0 Å². The van der Waals surface area contributed by atoms with Crippen LogP contribution in [0, 0.1) is 0 Å². The van der Waals surface area contributed by atoms with Crippen LogP contribution >= 0.6 is 12.4 Å². The monoisotopic (exact) mass is 343 g/mol. The van der Waals surface area contributed by atoms with Crippen molar-refractivity contribution in [2.45, 2.75) is 56.4 Å². The average molecular weight is 344 g/mol. The molecule has 1 aromatic rings. The second kappa shape index (κ2) is 8.13. The van der Waals surface area contributed by atoms with Gasteiger partial charge in [0.25, 0.3) is 5.91 Å². The molecule has 0 atom stereocenters. The Morgan fingerprint density at radius 1 is 1.30 bits per heavy atom. The van der Waals surface area contributed by atoms with Crippen LogP contribution < -0.4 is 11.1 Å². The number of hydrogen-bond acceptors (Lipinski definition) is 5. The quantitative estimate of drug-likeness (QED) is 0.876. The van der Waals surface area contributed by atoms with Crippen molar-refractivity contribution in [1.29, 1.82) is 0 Å². The highest BCUT2D eigenvalue weighted by molar-refractivity contribution is 5.92. The van der Waals surface area contributed by atoms with Gasteiger partial charge < -0.3 is 20.2 Å². The predicted molar refractivity (Wildman–Crippen MR) is 88.9 cm³/mol. The molecule has 7 heteroatoms. The van der Waals surface area contributed by atoms with Gasteiger partial charge in [0.1, 0.15) is 6.26 Å².